The van der Waals surface area contributed by atoms with Gasteiger partial charge < -0.3 is 10.1 Å². The zero-order valence-electron chi connectivity index (χ0n) is 15.4. The molecule has 1 aliphatic rings. The predicted molar refractivity (Wildman–Crippen MR) is 103 cm³/mol. The van der Waals surface area contributed by atoms with Crippen LogP contribution in [0.4, 0.5) is 11.4 Å². The second-order valence-electron chi connectivity index (χ2n) is 6.87. The highest BCUT2D eigenvalue weighted by Gasteiger charge is 2.28. The number of nitro benzene ring substituents is 1. The fourth-order valence-electron chi connectivity index (χ4n) is 3.31. The lowest BCUT2D eigenvalue weighted by molar-refractivity contribution is -0.384. The maximum Gasteiger partial charge on any atom is 0.293 e. The molecule has 2 aromatic rings. The summed E-state index contributed by atoms with van der Waals surface area (Å²) in [4.78, 5) is 25.2. The molecule has 0 bridgehead atoms. The first-order valence-corrected chi connectivity index (χ1v) is 8.90. The molecule has 1 aliphatic heterocycles. The number of benzene rings is 2. The topological polar surface area (TPSA) is 84.7 Å². The summed E-state index contributed by atoms with van der Waals surface area (Å²) in [6.07, 6.45) is -0.109. The van der Waals surface area contributed by atoms with Crippen molar-refractivity contribution < 1.29 is 14.5 Å². The van der Waals surface area contributed by atoms with Crippen LogP contribution in [0.15, 0.2) is 48.5 Å². The Labute approximate surface area is 158 Å². The van der Waals surface area contributed by atoms with Crippen LogP contribution in [-0.2, 0) is 9.53 Å². The number of anilines is 1. The van der Waals surface area contributed by atoms with E-state index in [0.717, 1.165) is 11.1 Å². The van der Waals surface area contributed by atoms with Crippen molar-refractivity contribution >= 4 is 17.3 Å². The minimum Gasteiger partial charge on any atom is -0.368 e. The summed E-state index contributed by atoms with van der Waals surface area (Å²) in [7, 11) is 0. The molecule has 2 atom stereocenters. The molecular weight excluding hydrogens is 346 g/mol. The number of morpholine rings is 1. The summed E-state index contributed by atoms with van der Waals surface area (Å²) < 4.78 is 6.00. The third-order valence-corrected chi connectivity index (χ3v) is 4.50. The van der Waals surface area contributed by atoms with E-state index < -0.39 is 4.92 Å². The van der Waals surface area contributed by atoms with Crippen molar-refractivity contribution in [3.8, 4) is 0 Å². The summed E-state index contributed by atoms with van der Waals surface area (Å²) in [6.45, 7) is 5.13. The Morgan fingerprint density at radius 2 is 2.00 bits per heavy atom. The van der Waals surface area contributed by atoms with E-state index in [1.54, 1.807) is 19.1 Å². The summed E-state index contributed by atoms with van der Waals surface area (Å²) in [6, 6.07) is 14.7. The molecule has 0 radical (unpaired) electrons. The SMILES string of the molecule is Cc1ccc(NC(=O)CN2CC(C)OC(c3ccccc3)C2)c([N+](=O)[O-])c1. The number of nitrogens with zero attached hydrogens (tertiary/aromatic N) is 2. The number of hydrogen-bond donors (Lipinski definition) is 1. The summed E-state index contributed by atoms with van der Waals surface area (Å²) >= 11 is 0. The number of nitro groups is 1. The third-order valence-electron chi connectivity index (χ3n) is 4.50. The van der Waals surface area contributed by atoms with E-state index in [0.29, 0.717) is 13.1 Å². The van der Waals surface area contributed by atoms with Crippen molar-refractivity contribution in [1.29, 1.82) is 0 Å². The highest BCUT2D eigenvalue weighted by Crippen LogP contribution is 2.27. The normalized spacial score (nSPS) is 20.2. The molecule has 0 spiro atoms. The van der Waals surface area contributed by atoms with Gasteiger partial charge in [0.05, 0.1) is 23.7 Å². The molecule has 3 rings (SSSR count). The molecular formula is C20H23N3O4. The molecule has 1 fully saturated rings. The number of ether oxygens (including phenoxy) is 1. The van der Waals surface area contributed by atoms with Gasteiger partial charge in [-0.15, -0.1) is 0 Å². The largest absolute Gasteiger partial charge is 0.368 e. The molecule has 2 unspecified atom stereocenters. The average Bonchev–Trinajstić information content (AvgIpc) is 2.63. The van der Waals surface area contributed by atoms with Crippen molar-refractivity contribution in [3.05, 3.63) is 69.8 Å². The smallest absolute Gasteiger partial charge is 0.293 e. The summed E-state index contributed by atoms with van der Waals surface area (Å²) in [5.41, 5.74) is 1.97. The van der Waals surface area contributed by atoms with Gasteiger partial charge >= 0.3 is 0 Å². The first-order valence-electron chi connectivity index (χ1n) is 8.90. The van der Waals surface area contributed by atoms with Crippen molar-refractivity contribution in [2.75, 3.05) is 25.0 Å². The van der Waals surface area contributed by atoms with Crippen LogP contribution in [0.2, 0.25) is 0 Å². The summed E-state index contributed by atoms with van der Waals surface area (Å²) in [5.74, 6) is -0.275. The molecule has 1 amide bonds. The Bertz CT molecular complexity index is 825. The van der Waals surface area contributed by atoms with Gasteiger partial charge in [-0.3, -0.25) is 19.8 Å². The van der Waals surface area contributed by atoms with Crippen LogP contribution in [0, 0.1) is 17.0 Å². The van der Waals surface area contributed by atoms with E-state index >= 15 is 0 Å². The highest BCUT2D eigenvalue weighted by molar-refractivity contribution is 5.94. The van der Waals surface area contributed by atoms with E-state index in [1.165, 1.54) is 6.07 Å². The lowest BCUT2D eigenvalue weighted by Gasteiger charge is -2.36. The molecule has 0 saturated carbocycles. The van der Waals surface area contributed by atoms with Crippen molar-refractivity contribution in [1.82, 2.24) is 4.90 Å². The molecule has 0 aliphatic carbocycles. The van der Waals surface area contributed by atoms with Crippen LogP contribution >= 0.6 is 0 Å². The van der Waals surface area contributed by atoms with E-state index in [-0.39, 0.29) is 36.0 Å². The van der Waals surface area contributed by atoms with Gasteiger partial charge in [0.2, 0.25) is 5.91 Å². The van der Waals surface area contributed by atoms with Crippen molar-refractivity contribution in [2.45, 2.75) is 26.1 Å². The second-order valence-corrected chi connectivity index (χ2v) is 6.87. The van der Waals surface area contributed by atoms with Gasteiger partial charge in [-0.25, -0.2) is 0 Å². The van der Waals surface area contributed by atoms with Gasteiger partial charge in [0, 0.05) is 19.2 Å². The van der Waals surface area contributed by atoms with E-state index in [4.69, 9.17) is 4.74 Å². The predicted octanol–water partition coefficient (Wildman–Crippen LogP) is 3.30. The van der Waals surface area contributed by atoms with E-state index in [2.05, 4.69) is 5.32 Å². The van der Waals surface area contributed by atoms with Crippen molar-refractivity contribution in [2.24, 2.45) is 0 Å². The number of rotatable bonds is 5. The number of amides is 1. The Kier molecular flexibility index (Phi) is 5.83. The van der Waals surface area contributed by atoms with Crippen LogP contribution in [0.1, 0.15) is 24.2 Å². The molecule has 2 aromatic carbocycles. The lowest BCUT2D eigenvalue weighted by Crippen LogP contribution is -2.46. The van der Waals surface area contributed by atoms with Gasteiger partial charge in [-0.05, 0) is 31.0 Å². The van der Waals surface area contributed by atoms with Gasteiger partial charge in [0.25, 0.3) is 5.69 Å². The molecule has 142 valence electrons. The first-order chi connectivity index (χ1) is 12.9. The fraction of sp³-hybridized carbons (Fsp3) is 0.350. The van der Waals surface area contributed by atoms with Crippen molar-refractivity contribution in [3.63, 3.8) is 0 Å². The Hall–Kier alpha value is -2.77. The lowest BCUT2D eigenvalue weighted by atomic mass is 10.1. The maximum absolute atomic E-state index is 12.5. The molecule has 1 heterocycles. The van der Waals surface area contributed by atoms with Gasteiger partial charge in [-0.2, -0.15) is 0 Å². The molecule has 7 heteroatoms. The minimum absolute atomic E-state index is 0.00883. The molecule has 27 heavy (non-hydrogen) atoms. The number of hydrogen-bond acceptors (Lipinski definition) is 5. The van der Waals surface area contributed by atoms with Gasteiger partial charge in [0.15, 0.2) is 0 Å². The van der Waals surface area contributed by atoms with Crippen LogP contribution in [0.5, 0.6) is 0 Å². The standard InChI is InChI=1S/C20H23N3O4/c1-14-8-9-17(18(10-14)23(25)26)21-20(24)13-22-11-15(2)27-19(12-22)16-6-4-3-5-7-16/h3-10,15,19H,11-13H2,1-2H3,(H,21,24). The number of aryl methyl sites for hydroxylation is 1. The zero-order chi connectivity index (χ0) is 19.4. The molecule has 1 saturated heterocycles. The van der Waals surface area contributed by atoms with Crippen LogP contribution in [0.25, 0.3) is 0 Å². The first kappa shape index (κ1) is 19.0. The number of nitrogens with one attached hydrogen (secondary N) is 1. The average molecular weight is 369 g/mol. The van der Waals surface area contributed by atoms with E-state index in [9.17, 15) is 14.9 Å². The summed E-state index contributed by atoms with van der Waals surface area (Å²) in [5, 5.41) is 13.9. The number of carbonyl (C=O) groups excluding carboxylic acids is 1. The Morgan fingerprint density at radius 3 is 2.70 bits per heavy atom. The van der Waals surface area contributed by atoms with Gasteiger partial charge in [-0.1, -0.05) is 36.4 Å². The molecule has 0 aromatic heterocycles. The van der Waals surface area contributed by atoms with Crippen LogP contribution < -0.4 is 5.32 Å². The van der Waals surface area contributed by atoms with Crippen LogP contribution in [-0.4, -0.2) is 41.5 Å². The third kappa shape index (κ3) is 4.90. The minimum atomic E-state index is -0.481. The fourth-order valence-corrected chi connectivity index (χ4v) is 3.31. The monoisotopic (exact) mass is 369 g/mol. The maximum atomic E-state index is 12.5. The molecule has 1 N–H and O–H groups in total. The quantitative estimate of drug-likeness (QED) is 0.646. The second kappa shape index (κ2) is 8.28. The van der Waals surface area contributed by atoms with E-state index in [1.807, 2.05) is 42.2 Å². The molecule has 7 nitrogen and oxygen atoms in total. The zero-order valence-corrected chi connectivity index (χ0v) is 15.4. The Balaban J connectivity index is 1.66. The number of carbonyl (C=O) groups is 1. The van der Waals surface area contributed by atoms with Gasteiger partial charge in [0.1, 0.15) is 5.69 Å². The Morgan fingerprint density at radius 1 is 1.26 bits per heavy atom. The highest BCUT2D eigenvalue weighted by atomic mass is 16.6. The van der Waals surface area contributed by atoms with Crippen LogP contribution in [0.3, 0.4) is 0 Å².